The van der Waals surface area contributed by atoms with E-state index >= 15 is 4.39 Å². The molecule has 0 aliphatic carbocycles. The van der Waals surface area contributed by atoms with E-state index in [-0.39, 0.29) is 28.3 Å². The predicted octanol–water partition coefficient (Wildman–Crippen LogP) is 6.29. The van der Waals surface area contributed by atoms with E-state index in [9.17, 15) is 14.7 Å². The average Bonchev–Trinajstić information content (AvgIpc) is 3.40. The maximum Gasteiger partial charge on any atom is 0.295 e. The number of ketones is 1. The Morgan fingerprint density at radius 2 is 1.89 bits per heavy atom. The minimum absolute atomic E-state index is 0.0916. The molecule has 2 N–H and O–H groups in total. The van der Waals surface area contributed by atoms with Gasteiger partial charge in [-0.2, -0.15) is 0 Å². The van der Waals surface area contributed by atoms with E-state index < -0.39 is 29.3 Å². The molecule has 4 aromatic rings. The number of nitrogens with zero attached hydrogens (tertiary/aromatic N) is 1. The lowest BCUT2D eigenvalue weighted by molar-refractivity contribution is -0.139. The normalized spacial score (nSPS) is 17.1. The Morgan fingerprint density at radius 3 is 2.62 bits per heavy atom. The van der Waals surface area contributed by atoms with Crippen LogP contribution in [0.1, 0.15) is 22.7 Å². The summed E-state index contributed by atoms with van der Waals surface area (Å²) in [5.41, 5.74) is 1.76. The topological polar surface area (TPSA) is 82.6 Å². The van der Waals surface area contributed by atoms with Crippen molar-refractivity contribution in [2.45, 2.75) is 12.5 Å². The third-order valence-electron chi connectivity index (χ3n) is 6.52. The summed E-state index contributed by atoms with van der Waals surface area (Å²) in [6, 6.07) is 14.7. The molecule has 1 saturated heterocycles. The second-order valence-electron chi connectivity index (χ2n) is 8.61. The zero-order valence-electron chi connectivity index (χ0n) is 19.6. The fraction of sp³-hybridized carbons (Fsp3) is 0.143. The standard InChI is InChI=1S/C28H21Cl2FN2O4/c1-37-17-7-9-23-20(13-17)15(14-32-23)10-11-33-25(19-4-2-3-5-22(19)31)24(27(35)28(33)36)26(34)18-8-6-16(29)12-21(18)30/h2-9,12-14,25,32,34H,10-11H2,1H3/t25-/m0/s1. The summed E-state index contributed by atoms with van der Waals surface area (Å²) in [7, 11) is 1.58. The van der Waals surface area contributed by atoms with Crippen LogP contribution in [0.25, 0.3) is 16.7 Å². The molecule has 1 aromatic heterocycles. The smallest absolute Gasteiger partial charge is 0.295 e. The highest BCUT2D eigenvalue weighted by atomic mass is 35.5. The predicted molar refractivity (Wildman–Crippen MR) is 140 cm³/mol. The summed E-state index contributed by atoms with van der Waals surface area (Å²) in [5, 5.41) is 12.5. The number of aromatic nitrogens is 1. The number of rotatable bonds is 6. The number of benzene rings is 3. The number of hydrogen-bond donors (Lipinski definition) is 2. The minimum atomic E-state index is -1.15. The summed E-state index contributed by atoms with van der Waals surface area (Å²) in [6.45, 7) is 0.0961. The molecule has 1 atom stereocenters. The van der Waals surface area contributed by atoms with Gasteiger partial charge in [-0.15, -0.1) is 0 Å². The minimum Gasteiger partial charge on any atom is -0.507 e. The molecule has 2 heterocycles. The Balaban J connectivity index is 1.59. The molecule has 0 saturated carbocycles. The van der Waals surface area contributed by atoms with Crippen molar-refractivity contribution in [1.29, 1.82) is 0 Å². The van der Waals surface area contributed by atoms with Crippen molar-refractivity contribution < 1.29 is 23.8 Å². The van der Waals surface area contributed by atoms with E-state index in [4.69, 9.17) is 27.9 Å². The van der Waals surface area contributed by atoms with E-state index in [1.807, 2.05) is 24.4 Å². The van der Waals surface area contributed by atoms with E-state index in [2.05, 4.69) is 4.98 Å². The molecule has 0 bridgehead atoms. The molecule has 1 fully saturated rings. The van der Waals surface area contributed by atoms with Crippen molar-refractivity contribution >= 4 is 51.6 Å². The van der Waals surface area contributed by atoms with Gasteiger partial charge in [-0.05, 0) is 54.4 Å². The summed E-state index contributed by atoms with van der Waals surface area (Å²) in [6.07, 6.45) is 2.19. The van der Waals surface area contributed by atoms with Gasteiger partial charge in [-0.3, -0.25) is 9.59 Å². The number of methoxy groups -OCH3 is 1. The first-order valence-corrected chi connectivity index (χ1v) is 12.2. The SMILES string of the molecule is COc1ccc2[nH]cc(CCN3C(=O)C(=O)C(=C(O)c4ccc(Cl)cc4Cl)[C@@H]3c3ccccc3F)c2c1. The number of amides is 1. The number of H-pyrrole nitrogens is 1. The number of halogens is 3. The molecular formula is C28H21Cl2FN2O4. The van der Waals surface area contributed by atoms with Crippen LogP contribution in [0.2, 0.25) is 10.0 Å². The van der Waals surface area contributed by atoms with Crippen LogP contribution in [-0.4, -0.2) is 40.3 Å². The zero-order valence-corrected chi connectivity index (χ0v) is 21.1. The number of aromatic amines is 1. The van der Waals surface area contributed by atoms with Gasteiger partial charge in [-0.25, -0.2) is 4.39 Å². The van der Waals surface area contributed by atoms with Gasteiger partial charge in [0.05, 0.1) is 23.7 Å². The van der Waals surface area contributed by atoms with Crippen molar-refractivity contribution in [2.24, 2.45) is 0 Å². The lowest BCUT2D eigenvalue weighted by atomic mass is 9.94. The van der Waals surface area contributed by atoms with Crippen molar-refractivity contribution in [3.05, 3.63) is 105 Å². The maximum absolute atomic E-state index is 15.0. The number of aliphatic hydroxyl groups is 1. The molecule has 1 aliphatic rings. The van der Waals surface area contributed by atoms with Crippen LogP contribution < -0.4 is 4.74 Å². The Morgan fingerprint density at radius 1 is 1.11 bits per heavy atom. The number of carbonyl (C=O) groups is 2. The van der Waals surface area contributed by atoms with Gasteiger partial charge in [-0.1, -0.05) is 41.4 Å². The molecular weight excluding hydrogens is 518 g/mol. The number of nitrogens with one attached hydrogen (secondary N) is 1. The molecule has 1 aliphatic heterocycles. The summed E-state index contributed by atoms with van der Waals surface area (Å²) in [5.74, 6) is -2.17. The first kappa shape index (κ1) is 24.9. The van der Waals surface area contributed by atoms with Gasteiger partial charge in [0.1, 0.15) is 17.3 Å². The molecule has 5 rings (SSSR count). The Bertz CT molecular complexity index is 1580. The lowest BCUT2D eigenvalue weighted by Crippen LogP contribution is -2.32. The summed E-state index contributed by atoms with van der Waals surface area (Å²) >= 11 is 12.3. The highest BCUT2D eigenvalue weighted by Crippen LogP contribution is 2.41. The maximum atomic E-state index is 15.0. The Kier molecular flexibility index (Phi) is 6.67. The lowest BCUT2D eigenvalue weighted by Gasteiger charge is -2.25. The van der Waals surface area contributed by atoms with E-state index in [1.54, 1.807) is 13.2 Å². The van der Waals surface area contributed by atoms with Gasteiger partial charge >= 0.3 is 0 Å². The molecule has 37 heavy (non-hydrogen) atoms. The first-order chi connectivity index (χ1) is 17.8. The fourth-order valence-electron chi connectivity index (χ4n) is 4.69. The number of aliphatic hydroxyl groups excluding tert-OH is 1. The quantitative estimate of drug-likeness (QED) is 0.172. The monoisotopic (exact) mass is 538 g/mol. The number of hydrogen-bond acceptors (Lipinski definition) is 4. The second-order valence-corrected chi connectivity index (χ2v) is 9.46. The van der Waals surface area contributed by atoms with Crippen molar-refractivity contribution in [3.63, 3.8) is 0 Å². The van der Waals surface area contributed by atoms with Gasteiger partial charge in [0.25, 0.3) is 11.7 Å². The number of carbonyl (C=O) groups excluding carboxylic acids is 2. The van der Waals surface area contributed by atoms with E-state index in [0.29, 0.717) is 17.2 Å². The zero-order chi connectivity index (χ0) is 26.3. The van der Waals surface area contributed by atoms with Crippen LogP contribution in [0.5, 0.6) is 5.75 Å². The Hall–Kier alpha value is -3.81. The van der Waals surface area contributed by atoms with Crippen molar-refractivity contribution in [2.75, 3.05) is 13.7 Å². The van der Waals surface area contributed by atoms with Crippen LogP contribution in [-0.2, 0) is 16.0 Å². The highest BCUT2D eigenvalue weighted by molar-refractivity contribution is 6.47. The summed E-state index contributed by atoms with van der Waals surface area (Å²) in [4.78, 5) is 30.9. The number of fused-ring (bicyclic) bond motifs is 1. The van der Waals surface area contributed by atoms with Crippen LogP contribution in [0.15, 0.2) is 72.4 Å². The Labute approximate surface area is 221 Å². The van der Waals surface area contributed by atoms with Gasteiger partial charge in [0, 0.05) is 39.8 Å². The molecule has 3 aromatic carbocycles. The molecule has 6 nitrogen and oxygen atoms in total. The van der Waals surface area contributed by atoms with Gasteiger partial charge in [0.15, 0.2) is 0 Å². The molecule has 0 unspecified atom stereocenters. The third-order valence-corrected chi connectivity index (χ3v) is 7.07. The largest absolute Gasteiger partial charge is 0.507 e. The van der Waals surface area contributed by atoms with Crippen molar-refractivity contribution in [1.82, 2.24) is 9.88 Å². The molecule has 9 heteroatoms. The molecule has 1 amide bonds. The summed E-state index contributed by atoms with van der Waals surface area (Å²) < 4.78 is 20.4. The van der Waals surface area contributed by atoms with Gasteiger partial charge in [0.2, 0.25) is 0 Å². The molecule has 0 radical (unpaired) electrons. The van der Waals surface area contributed by atoms with Crippen molar-refractivity contribution in [3.8, 4) is 5.75 Å². The average molecular weight is 539 g/mol. The molecule has 188 valence electrons. The van der Waals surface area contributed by atoms with E-state index in [1.165, 1.54) is 41.3 Å². The van der Waals surface area contributed by atoms with Crippen LogP contribution >= 0.6 is 23.2 Å². The van der Waals surface area contributed by atoms with Gasteiger partial charge < -0.3 is 19.7 Å². The fourth-order valence-corrected chi connectivity index (χ4v) is 5.19. The highest BCUT2D eigenvalue weighted by Gasteiger charge is 2.47. The second kappa shape index (κ2) is 9.92. The van der Waals surface area contributed by atoms with Crippen LogP contribution in [0.4, 0.5) is 4.39 Å². The first-order valence-electron chi connectivity index (χ1n) is 11.4. The number of likely N-dealkylation sites (tertiary alicyclic amines) is 1. The van der Waals surface area contributed by atoms with Crippen LogP contribution in [0, 0.1) is 5.82 Å². The van der Waals surface area contributed by atoms with Crippen LogP contribution in [0.3, 0.4) is 0 Å². The number of Topliss-reactive ketones (excluding diaryl/α,β-unsaturated/α-hetero) is 1. The molecule has 0 spiro atoms. The van der Waals surface area contributed by atoms with E-state index in [0.717, 1.165) is 16.5 Å². The third kappa shape index (κ3) is 4.45. The number of ether oxygens (including phenoxy) is 1.